The molecule has 3 N–H and O–H groups in total. The maximum absolute atomic E-state index is 12.1. The number of carbonyl (C=O) groups is 2. The van der Waals surface area contributed by atoms with E-state index in [4.69, 9.17) is 0 Å². The molecule has 0 fully saturated rings. The average Bonchev–Trinajstić information content (AvgIpc) is 2.66. The van der Waals surface area contributed by atoms with Crippen LogP contribution in [0.2, 0.25) is 0 Å². The highest BCUT2D eigenvalue weighted by Gasteiger charge is 2.15. The van der Waals surface area contributed by atoms with Crippen LogP contribution in [0.4, 0.5) is 5.69 Å². The minimum absolute atomic E-state index is 0.125. The molecule has 0 saturated heterocycles. The molecule has 0 unspecified atom stereocenters. The van der Waals surface area contributed by atoms with Gasteiger partial charge in [0, 0.05) is 18.1 Å². The minimum atomic E-state index is -0.764. The van der Waals surface area contributed by atoms with E-state index < -0.39 is 11.8 Å². The van der Waals surface area contributed by atoms with Gasteiger partial charge in [-0.25, -0.2) is 0 Å². The number of pyridine rings is 1. The molecule has 2 aromatic carbocycles. The standard InChI is InChI=1S/C19H17N3O3/c23-12-15-6-2-1-5-14(15)11-21-18(24)19(25)22-16-9-3-7-13-8-4-10-20-17(13)16/h1-10,23H,11-12H2,(H,21,24)(H,22,25). The number of rotatable bonds is 4. The molecule has 3 rings (SSSR count). The van der Waals surface area contributed by atoms with Gasteiger partial charge in [0.2, 0.25) is 0 Å². The van der Waals surface area contributed by atoms with E-state index in [1.165, 1.54) is 0 Å². The van der Waals surface area contributed by atoms with Crippen LogP contribution in [-0.4, -0.2) is 21.9 Å². The highest BCUT2D eigenvalue weighted by atomic mass is 16.3. The average molecular weight is 335 g/mol. The third kappa shape index (κ3) is 3.81. The van der Waals surface area contributed by atoms with Crippen molar-refractivity contribution in [2.24, 2.45) is 0 Å². The van der Waals surface area contributed by atoms with E-state index in [1.807, 2.05) is 18.2 Å². The number of amides is 2. The number of aliphatic hydroxyl groups is 1. The number of hydrogen-bond donors (Lipinski definition) is 3. The zero-order valence-electron chi connectivity index (χ0n) is 13.4. The van der Waals surface area contributed by atoms with Crippen molar-refractivity contribution in [1.82, 2.24) is 10.3 Å². The Labute approximate surface area is 144 Å². The predicted molar refractivity (Wildman–Crippen MR) is 94.6 cm³/mol. The number of fused-ring (bicyclic) bond motifs is 1. The number of aromatic nitrogens is 1. The Bertz CT molecular complexity index is 919. The van der Waals surface area contributed by atoms with Crippen LogP contribution in [0.1, 0.15) is 11.1 Å². The lowest BCUT2D eigenvalue weighted by Crippen LogP contribution is -2.35. The van der Waals surface area contributed by atoms with E-state index in [0.29, 0.717) is 16.8 Å². The SMILES string of the molecule is O=C(NCc1ccccc1CO)C(=O)Nc1cccc2cccnc12. The van der Waals surface area contributed by atoms with Gasteiger partial charge in [-0.1, -0.05) is 42.5 Å². The van der Waals surface area contributed by atoms with E-state index >= 15 is 0 Å². The molecule has 0 aliphatic rings. The summed E-state index contributed by atoms with van der Waals surface area (Å²) in [5.41, 5.74) is 2.57. The van der Waals surface area contributed by atoms with Gasteiger partial charge in [0.05, 0.1) is 17.8 Å². The third-order valence-electron chi connectivity index (χ3n) is 3.82. The van der Waals surface area contributed by atoms with Crippen LogP contribution >= 0.6 is 0 Å². The molecular weight excluding hydrogens is 318 g/mol. The second kappa shape index (κ2) is 7.55. The van der Waals surface area contributed by atoms with E-state index in [-0.39, 0.29) is 13.2 Å². The largest absolute Gasteiger partial charge is 0.392 e. The molecule has 6 nitrogen and oxygen atoms in total. The predicted octanol–water partition coefficient (Wildman–Crippen LogP) is 1.98. The number of nitrogens with zero attached hydrogens (tertiary/aromatic N) is 1. The highest BCUT2D eigenvalue weighted by molar-refractivity contribution is 6.40. The molecule has 0 aliphatic carbocycles. The Balaban J connectivity index is 1.67. The van der Waals surface area contributed by atoms with Crippen LogP contribution in [0.5, 0.6) is 0 Å². The number of benzene rings is 2. The molecule has 2 amide bonds. The van der Waals surface area contributed by atoms with Gasteiger partial charge in [-0.2, -0.15) is 0 Å². The Hall–Kier alpha value is -3.25. The summed E-state index contributed by atoms with van der Waals surface area (Å²) in [5.74, 6) is -1.51. The molecule has 3 aromatic rings. The van der Waals surface area contributed by atoms with E-state index in [0.717, 1.165) is 10.9 Å². The first-order valence-electron chi connectivity index (χ1n) is 7.79. The molecule has 1 heterocycles. The van der Waals surface area contributed by atoms with Crippen LogP contribution in [0.15, 0.2) is 60.8 Å². The zero-order valence-corrected chi connectivity index (χ0v) is 13.4. The quantitative estimate of drug-likeness (QED) is 0.636. The first-order valence-corrected chi connectivity index (χ1v) is 7.79. The first-order chi connectivity index (χ1) is 12.2. The van der Waals surface area contributed by atoms with Crippen LogP contribution in [0.3, 0.4) is 0 Å². The van der Waals surface area contributed by atoms with Gasteiger partial charge in [0.25, 0.3) is 0 Å². The minimum Gasteiger partial charge on any atom is -0.392 e. The van der Waals surface area contributed by atoms with Gasteiger partial charge in [-0.15, -0.1) is 0 Å². The summed E-state index contributed by atoms with van der Waals surface area (Å²) in [6, 6.07) is 16.2. The molecule has 0 saturated carbocycles. The van der Waals surface area contributed by atoms with Crippen LogP contribution in [0.25, 0.3) is 10.9 Å². The summed E-state index contributed by atoms with van der Waals surface area (Å²) < 4.78 is 0. The number of para-hydroxylation sites is 1. The normalized spacial score (nSPS) is 10.4. The molecule has 0 atom stereocenters. The molecule has 6 heteroatoms. The van der Waals surface area contributed by atoms with Crippen molar-refractivity contribution < 1.29 is 14.7 Å². The van der Waals surface area contributed by atoms with Crippen molar-refractivity contribution in [2.45, 2.75) is 13.2 Å². The molecule has 0 spiro atoms. The molecule has 0 aliphatic heterocycles. The van der Waals surface area contributed by atoms with Gasteiger partial charge in [0.15, 0.2) is 0 Å². The highest BCUT2D eigenvalue weighted by Crippen LogP contribution is 2.20. The Kier molecular flexibility index (Phi) is 5.01. The Morgan fingerprint density at radius 3 is 2.48 bits per heavy atom. The summed E-state index contributed by atoms with van der Waals surface area (Å²) in [5, 5.41) is 15.3. The number of carbonyl (C=O) groups excluding carboxylic acids is 2. The third-order valence-corrected chi connectivity index (χ3v) is 3.82. The van der Waals surface area contributed by atoms with E-state index in [1.54, 1.807) is 42.6 Å². The molecule has 25 heavy (non-hydrogen) atoms. The Morgan fingerprint density at radius 2 is 1.68 bits per heavy atom. The van der Waals surface area contributed by atoms with Crippen molar-refractivity contribution in [1.29, 1.82) is 0 Å². The van der Waals surface area contributed by atoms with Crippen molar-refractivity contribution >= 4 is 28.4 Å². The number of hydrogen-bond acceptors (Lipinski definition) is 4. The number of nitrogens with one attached hydrogen (secondary N) is 2. The summed E-state index contributed by atoms with van der Waals surface area (Å²) in [7, 11) is 0. The van der Waals surface area contributed by atoms with Crippen LogP contribution < -0.4 is 10.6 Å². The molecule has 1 aromatic heterocycles. The van der Waals surface area contributed by atoms with E-state index in [2.05, 4.69) is 15.6 Å². The lowest BCUT2D eigenvalue weighted by molar-refractivity contribution is -0.136. The second-order valence-corrected chi connectivity index (χ2v) is 5.44. The lowest BCUT2D eigenvalue weighted by Gasteiger charge is -2.10. The fourth-order valence-electron chi connectivity index (χ4n) is 2.52. The summed E-state index contributed by atoms with van der Waals surface area (Å²) in [4.78, 5) is 28.4. The fourth-order valence-corrected chi connectivity index (χ4v) is 2.52. The molecule has 126 valence electrons. The lowest BCUT2D eigenvalue weighted by atomic mass is 10.1. The summed E-state index contributed by atoms with van der Waals surface area (Å²) in [6.45, 7) is 0.0384. The second-order valence-electron chi connectivity index (χ2n) is 5.44. The van der Waals surface area contributed by atoms with Crippen LogP contribution in [0, 0.1) is 0 Å². The van der Waals surface area contributed by atoms with Crippen molar-refractivity contribution in [3.63, 3.8) is 0 Å². The van der Waals surface area contributed by atoms with Crippen molar-refractivity contribution in [3.05, 3.63) is 71.9 Å². The summed E-state index contributed by atoms with van der Waals surface area (Å²) >= 11 is 0. The van der Waals surface area contributed by atoms with Gasteiger partial charge < -0.3 is 15.7 Å². The van der Waals surface area contributed by atoms with Crippen molar-refractivity contribution in [2.75, 3.05) is 5.32 Å². The number of anilines is 1. The van der Waals surface area contributed by atoms with E-state index in [9.17, 15) is 14.7 Å². The van der Waals surface area contributed by atoms with Gasteiger partial charge in [-0.05, 0) is 23.3 Å². The van der Waals surface area contributed by atoms with Gasteiger partial charge in [0.1, 0.15) is 0 Å². The van der Waals surface area contributed by atoms with Gasteiger partial charge in [-0.3, -0.25) is 14.6 Å². The maximum atomic E-state index is 12.1. The smallest absolute Gasteiger partial charge is 0.313 e. The topological polar surface area (TPSA) is 91.3 Å². The van der Waals surface area contributed by atoms with Gasteiger partial charge >= 0.3 is 11.8 Å². The Morgan fingerprint density at radius 1 is 0.920 bits per heavy atom. The zero-order chi connectivity index (χ0) is 17.6. The molecule has 0 radical (unpaired) electrons. The number of aliphatic hydroxyl groups excluding tert-OH is 1. The van der Waals surface area contributed by atoms with Crippen LogP contribution in [-0.2, 0) is 22.7 Å². The fraction of sp³-hybridized carbons (Fsp3) is 0.105. The first kappa shape index (κ1) is 16.6. The molecular formula is C19H17N3O3. The monoisotopic (exact) mass is 335 g/mol. The molecule has 0 bridgehead atoms. The summed E-state index contributed by atoms with van der Waals surface area (Å²) in [6.07, 6.45) is 1.63. The van der Waals surface area contributed by atoms with Crippen molar-refractivity contribution in [3.8, 4) is 0 Å². The maximum Gasteiger partial charge on any atom is 0.313 e.